The summed E-state index contributed by atoms with van der Waals surface area (Å²) >= 11 is 8.33. The molecule has 0 fully saturated rings. The van der Waals surface area contributed by atoms with Crippen molar-refractivity contribution < 1.29 is 33.4 Å². The second-order valence-electron chi connectivity index (χ2n) is 9.54. The highest BCUT2D eigenvalue weighted by molar-refractivity contribution is 8.00. The Morgan fingerprint density at radius 3 is 2.41 bits per heavy atom. The van der Waals surface area contributed by atoms with Crippen molar-refractivity contribution in [1.29, 1.82) is 0 Å². The highest BCUT2D eigenvalue weighted by atomic mass is 35.5. The number of anilines is 1. The summed E-state index contributed by atoms with van der Waals surface area (Å²) in [6, 6.07) is 15.9. The molecule has 0 aliphatic heterocycles. The van der Waals surface area contributed by atoms with Crippen LogP contribution in [0.15, 0.2) is 59.8 Å². The summed E-state index contributed by atoms with van der Waals surface area (Å²) in [5.74, 6) is -1.13. The normalized spacial score (nSPS) is 11.4. The van der Waals surface area contributed by atoms with Crippen molar-refractivity contribution in [2.75, 3.05) is 25.1 Å². The van der Waals surface area contributed by atoms with Gasteiger partial charge in [0, 0.05) is 5.02 Å². The van der Waals surface area contributed by atoms with Gasteiger partial charge in [0.15, 0.2) is 17.6 Å². The smallest absolute Gasteiger partial charge is 0.348 e. The third-order valence-corrected chi connectivity index (χ3v) is 8.76. The number of nitrogens with zero attached hydrogens (tertiary/aromatic N) is 3. The number of esters is 2. The summed E-state index contributed by atoms with van der Waals surface area (Å²) in [6.45, 7) is 6.70. The average Bonchev–Trinajstić information content (AvgIpc) is 3.59. The lowest BCUT2D eigenvalue weighted by Crippen LogP contribution is -2.29. The topological polar surface area (TPSA) is 151 Å². The number of amides is 2. The molecule has 2 heterocycles. The molecule has 2 amide bonds. The van der Waals surface area contributed by atoms with Gasteiger partial charge in [-0.2, -0.15) is 0 Å². The van der Waals surface area contributed by atoms with Gasteiger partial charge in [-0.05, 0) is 63.6 Å². The molecule has 0 spiro atoms. The minimum absolute atomic E-state index is 0.0195. The monoisotopic (exact) mass is 685 g/mol. The van der Waals surface area contributed by atoms with E-state index in [-0.39, 0.29) is 47.7 Å². The zero-order valence-electron chi connectivity index (χ0n) is 25.5. The van der Waals surface area contributed by atoms with Crippen LogP contribution in [0.3, 0.4) is 0 Å². The standard InChI is InChI=1S/C31H32ClN5O7S2/c1-5-42-29(40)25-18(3)26(30(41)43-6-2)46-28(25)34-27(39)19(4)45-31-36-35-23(37(31)21-12-10-11-20(32)15-21)16-33-24(38)17-44-22-13-8-7-9-14-22/h7-15,19H,5-6,16-17H2,1-4H3,(H,33,38)(H,34,39)/t19-/m0/s1. The van der Waals surface area contributed by atoms with Crippen LogP contribution in [0.2, 0.25) is 5.02 Å². The molecule has 0 aliphatic carbocycles. The van der Waals surface area contributed by atoms with Crippen LogP contribution >= 0.6 is 34.7 Å². The van der Waals surface area contributed by atoms with Crippen LogP contribution in [0.1, 0.15) is 52.2 Å². The van der Waals surface area contributed by atoms with Gasteiger partial charge in [-0.3, -0.25) is 14.2 Å². The second kappa shape index (κ2) is 16.2. The van der Waals surface area contributed by atoms with Crippen molar-refractivity contribution in [3.05, 3.63) is 81.4 Å². The fourth-order valence-corrected chi connectivity index (χ4v) is 6.29. The summed E-state index contributed by atoms with van der Waals surface area (Å²) in [7, 11) is 0. The van der Waals surface area contributed by atoms with E-state index in [1.54, 1.807) is 68.7 Å². The van der Waals surface area contributed by atoms with E-state index in [4.69, 9.17) is 25.8 Å². The van der Waals surface area contributed by atoms with E-state index in [2.05, 4.69) is 20.8 Å². The molecule has 4 rings (SSSR count). The highest BCUT2D eigenvalue weighted by Gasteiger charge is 2.29. The second-order valence-corrected chi connectivity index (χ2v) is 12.3. The number of thioether (sulfide) groups is 1. The summed E-state index contributed by atoms with van der Waals surface area (Å²) < 4.78 is 17.5. The minimum Gasteiger partial charge on any atom is -0.484 e. The number of rotatable bonds is 14. The van der Waals surface area contributed by atoms with Gasteiger partial charge in [-0.1, -0.05) is 47.6 Å². The van der Waals surface area contributed by atoms with Crippen LogP contribution in [0.5, 0.6) is 5.75 Å². The molecule has 1 atom stereocenters. The number of thiophene rings is 1. The number of hydrogen-bond acceptors (Lipinski definition) is 11. The van der Waals surface area contributed by atoms with E-state index in [1.165, 1.54) is 0 Å². The number of aromatic nitrogens is 3. The van der Waals surface area contributed by atoms with E-state index in [0.717, 1.165) is 23.1 Å². The fraction of sp³-hybridized carbons (Fsp3) is 0.290. The van der Waals surface area contributed by atoms with E-state index in [0.29, 0.717) is 33.0 Å². The lowest BCUT2D eigenvalue weighted by atomic mass is 10.1. The molecule has 0 unspecified atom stereocenters. The van der Waals surface area contributed by atoms with Crippen molar-refractivity contribution in [3.63, 3.8) is 0 Å². The molecule has 46 heavy (non-hydrogen) atoms. The van der Waals surface area contributed by atoms with E-state index < -0.39 is 23.1 Å². The molecular formula is C31H32ClN5O7S2. The number of para-hydroxylation sites is 1. The average molecular weight is 686 g/mol. The van der Waals surface area contributed by atoms with E-state index in [9.17, 15) is 19.2 Å². The first-order valence-corrected chi connectivity index (χ1v) is 16.3. The molecule has 0 radical (unpaired) electrons. The summed E-state index contributed by atoms with van der Waals surface area (Å²) in [6.07, 6.45) is 0. The Hall–Kier alpha value is -4.40. The molecule has 2 N–H and O–H groups in total. The van der Waals surface area contributed by atoms with Gasteiger partial charge in [0.2, 0.25) is 5.91 Å². The summed E-state index contributed by atoms with van der Waals surface area (Å²) in [4.78, 5) is 51.5. The van der Waals surface area contributed by atoms with E-state index >= 15 is 0 Å². The van der Waals surface area contributed by atoms with Crippen LogP contribution in [-0.2, 0) is 25.6 Å². The number of benzene rings is 2. The van der Waals surface area contributed by atoms with Gasteiger partial charge in [0.1, 0.15) is 15.6 Å². The fourth-order valence-electron chi connectivity index (χ4n) is 4.13. The first-order valence-electron chi connectivity index (χ1n) is 14.2. The van der Waals surface area contributed by atoms with Crippen LogP contribution in [0.25, 0.3) is 5.69 Å². The van der Waals surface area contributed by atoms with Gasteiger partial charge in [-0.25, -0.2) is 9.59 Å². The number of carbonyl (C=O) groups is 4. The van der Waals surface area contributed by atoms with Crippen molar-refractivity contribution in [2.24, 2.45) is 0 Å². The number of carbonyl (C=O) groups excluding carboxylic acids is 4. The van der Waals surface area contributed by atoms with Gasteiger partial charge in [-0.15, -0.1) is 21.5 Å². The lowest BCUT2D eigenvalue weighted by Gasteiger charge is -2.14. The molecule has 15 heteroatoms. The summed E-state index contributed by atoms with van der Waals surface area (Å²) in [5, 5.41) is 14.4. The van der Waals surface area contributed by atoms with Crippen molar-refractivity contribution in [3.8, 4) is 11.4 Å². The quantitative estimate of drug-likeness (QED) is 0.129. The maximum absolute atomic E-state index is 13.4. The Kier molecular flexibility index (Phi) is 12.2. The van der Waals surface area contributed by atoms with Crippen molar-refractivity contribution in [2.45, 2.75) is 44.6 Å². The van der Waals surface area contributed by atoms with Crippen LogP contribution in [0, 0.1) is 6.92 Å². The molecule has 2 aromatic heterocycles. The van der Waals surface area contributed by atoms with E-state index in [1.807, 2.05) is 18.2 Å². The molecule has 242 valence electrons. The zero-order chi connectivity index (χ0) is 33.2. The molecule has 12 nitrogen and oxygen atoms in total. The Morgan fingerprint density at radius 1 is 1.00 bits per heavy atom. The molecule has 0 aliphatic rings. The molecular weight excluding hydrogens is 654 g/mol. The first-order chi connectivity index (χ1) is 22.1. The SMILES string of the molecule is CCOC(=O)c1sc(NC(=O)[C@H](C)Sc2nnc(CNC(=O)COc3ccccc3)n2-c2cccc(Cl)c2)c(C(=O)OCC)c1C. The number of ether oxygens (including phenoxy) is 3. The van der Waals surface area contributed by atoms with Crippen LogP contribution in [0.4, 0.5) is 5.00 Å². The lowest BCUT2D eigenvalue weighted by molar-refractivity contribution is -0.123. The van der Waals surface area contributed by atoms with Gasteiger partial charge >= 0.3 is 11.9 Å². The van der Waals surface area contributed by atoms with Crippen molar-refractivity contribution >= 4 is 63.5 Å². The molecule has 2 aromatic carbocycles. The predicted octanol–water partition coefficient (Wildman–Crippen LogP) is 5.46. The minimum atomic E-state index is -0.743. The first kappa shape index (κ1) is 34.5. The molecule has 4 aromatic rings. The third-order valence-electron chi connectivity index (χ3n) is 6.30. The van der Waals surface area contributed by atoms with Crippen LogP contribution in [-0.4, -0.2) is 63.6 Å². The van der Waals surface area contributed by atoms with Crippen molar-refractivity contribution in [1.82, 2.24) is 20.1 Å². The van der Waals surface area contributed by atoms with Gasteiger partial charge < -0.3 is 24.8 Å². The number of hydrogen-bond donors (Lipinski definition) is 2. The third kappa shape index (κ3) is 8.65. The Morgan fingerprint density at radius 2 is 1.72 bits per heavy atom. The number of nitrogens with one attached hydrogen (secondary N) is 2. The maximum atomic E-state index is 13.4. The molecule has 0 saturated heterocycles. The molecule has 0 bridgehead atoms. The molecule has 0 saturated carbocycles. The predicted molar refractivity (Wildman–Crippen MR) is 175 cm³/mol. The Labute approximate surface area is 278 Å². The maximum Gasteiger partial charge on any atom is 0.348 e. The highest BCUT2D eigenvalue weighted by Crippen LogP contribution is 2.35. The zero-order valence-corrected chi connectivity index (χ0v) is 27.9. The Balaban J connectivity index is 1.53. The number of halogens is 1. The van der Waals surface area contributed by atoms with Crippen LogP contribution < -0.4 is 15.4 Å². The van der Waals surface area contributed by atoms with Gasteiger partial charge in [0.25, 0.3) is 5.91 Å². The Bertz CT molecular complexity index is 1710. The largest absolute Gasteiger partial charge is 0.484 e. The summed E-state index contributed by atoms with van der Waals surface area (Å²) in [5.41, 5.74) is 1.07. The van der Waals surface area contributed by atoms with Gasteiger partial charge in [0.05, 0.1) is 36.3 Å².